The minimum atomic E-state index is -0.705. The smallest absolute Gasteiger partial charge is 0.255 e. The van der Waals surface area contributed by atoms with E-state index in [2.05, 4.69) is 45.9 Å². The lowest BCUT2D eigenvalue weighted by Gasteiger charge is -2.29. The van der Waals surface area contributed by atoms with Crippen LogP contribution in [0.2, 0.25) is 0 Å². The molecule has 2 aromatic heterocycles. The highest BCUT2D eigenvalue weighted by molar-refractivity contribution is 7.21. The molecule has 3 aromatic carbocycles. The highest BCUT2D eigenvalue weighted by atomic mass is 32.1. The lowest BCUT2D eigenvalue weighted by Crippen LogP contribution is -2.52. The second kappa shape index (κ2) is 14.1. The van der Waals surface area contributed by atoms with Gasteiger partial charge in [0.15, 0.2) is 0 Å². The Morgan fingerprint density at radius 2 is 1.80 bits per heavy atom. The number of aromatic nitrogens is 2. The number of carbonyl (C=O) groups is 4. The van der Waals surface area contributed by atoms with Crippen molar-refractivity contribution in [1.82, 2.24) is 20.2 Å². The highest BCUT2D eigenvalue weighted by Gasteiger charge is 2.40. The van der Waals surface area contributed by atoms with Crippen LogP contribution in [0, 0.1) is 0 Å². The molecular weight excluding hydrogens is 653 g/mol. The van der Waals surface area contributed by atoms with Crippen molar-refractivity contribution < 1.29 is 23.9 Å². The summed E-state index contributed by atoms with van der Waals surface area (Å²) in [5, 5.41) is 6.19. The van der Waals surface area contributed by atoms with E-state index in [0.29, 0.717) is 42.7 Å². The second-order valence-electron chi connectivity index (χ2n) is 12.6. The molecule has 1 fully saturated rings. The number of carbonyl (C=O) groups excluding carboxylic acids is 4. The van der Waals surface area contributed by atoms with E-state index < -0.39 is 11.9 Å². The average Bonchev–Trinajstić information content (AvgIpc) is 3.69. The number of hydrogen-bond donors (Lipinski definition) is 2. The van der Waals surface area contributed by atoms with Crippen LogP contribution >= 0.6 is 11.3 Å². The summed E-state index contributed by atoms with van der Waals surface area (Å²) in [5.74, 6) is 0.450. The number of thiazole rings is 1. The Balaban J connectivity index is 0.890. The van der Waals surface area contributed by atoms with E-state index in [9.17, 15) is 19.2 Å². The molecule has 4 heterocycles. The largest absolute Gasteiger partial charge is 0.494 e. The average molecular weight is 689 g/mol. The predicted octanol–water partition coefficient (Wildman–Crippen LogP) is 6.04. The molecule has 11 nitrogen and oxygen atoms in total. The number of imide groups is 1. The van der Waals surface area contributed by atoms with Gasteiger partial charge in [0.1, 0.15) is 22.6 Å². The molecule has 2 aliphatic heterocycles. The van der Waals surface area contributed by atoms with Crippen LogP contribution in [0.3, 0.4) is 0 Å². The lowest BCUT2D eigenvalue weighted by atomic mass is 10.0. The quantitative estimate of drug-likeness (QED) is 0.127. The first-order chi connectivity index (χ1) is 24.2. The number of nitrogens with one attached hydrogen (secondary N) is 2. The molecule has 5 aromatic rings. The molecule has 2 N–H and O–H groups in total. The zero-order valence-electron chi connectivity index (χ0n) is 27.8. The SMILES string of the molecule is CN(C)c1ccc(-c2ccc(-c3nc4ccc(OCCCCC(=O)Nc5cccc6c5CN(C5CCC(=O)NC5=O)C6=O)cc4s3)cc2)cn1. The fourth-order valence-corrected chi connectivity index (χ4v) is 7.24. The van der Waals surface area contributed by atoms with Crippen molar-refractivity contribution in [1.29, 1.82) is 0 Å². The van der Waals surface area contributed by atoms with Crippen molar-refractivity contribution in [3.05, 3.63) is 90.1 Å². The molecule has 50 heavy (non-hydrogen) atoms. The Kier molecular flexibility index (Phi) is 9.27. The predicted molar refractivity (Wildman–Crippen MR) is 193 cm³/mol. The number of nitrogens with zero attached hydrogens (tertiary/aromatic N) is 4. The molecule has 2 aliphatic rings. The van der Waals surface area contributed by atoms with Gasteiger partial charge < -0.3 is 19.9 Å². The third kappa shape index (κ3) is 6.92. The summed E-state index contributed by atoms with van der Waals surface area (Å²) in [6, 6.07) is 22.8. The maximum absolute atomic E-state index is 13.1. The van der Waals surface area contributed by atoms with Gasteiger partial charge >= 0.3 is 0 Å². The summed E-state index contributed by atoms with van der Waals surface area (Å²) in [7, 11) is 3.95. The maximum Gasteiger partial charge on any atom is 0.255 e. The van der Waals surface area contributed by atoms with Crippen molar-refractivity contribution in [2.24, 2.45) is 0 Å². The van der Waals surface area contributed by atoms with Gasteiger partial charge in [-0.2, -0.15) is 0 Å². The molecule has 1 unspecified atom stereocenters. The fourth-order valence-electron chi connectivity index (χ4n) is 6.24. The van der Waals surface area contributed by atoms with Gasteiger partial charge in [0, 0.05) is 67.6 Å². The Labute approximate surface area is 293 Å². The number of piperidine rings is 1. The first kappa shape index (κ1) is 32.9. The second-order valence-corrected chi connectivity index (χ2v) is 13.6. The van der Waals surface area contributed by atoms with Gasteiger partial charge in [-0.1, -0.05) is 30.3 Å². The van der Waals surface area contributed by atoms with E-state index in [1.54, 1.807) is 29.5 Å². The Hall–Kier alpha value is -5.62. The topological polar surface area (TPSA) is 134 Å². The molecule has 0 saturated carbocycles. The van der Waals surface area contributed by atoms with Crippen LogP contribution in [-0.4, -0.2) is 65.2 Å². The molecular formula is C38H36N6O5S. The van der Waals surface area contributed by atoms with Gasteiger partial charge in [0.25, 0.3) is 5.91 Å². The van der Waals surface area contributed by atoms with Crippen LogP contribution in [0.25, 0.3) is 31.9 Å². The Morgan fingerprint density at radius 1 is 1.00 bits per heavy atom. The van der Waals surface area contributed by atoms with Crippen molar-refractivity contribution >= 4 is 56.7 Å². The van der Waals surface area contributed by atoms with E-state index in [-0.39, 0.29) is 37.1 Å². The number of fused-ring (bicyclic) bond motifs is 2. The molecule has 4 amide bonds. The van der Waals surface area contributed by atoms with Crippen LogP contribution in [-0.2, 0) is 20.9 Å². The van der Waals surface area contributed by atoms with Gasteiger partial charge in [-0.05, 0) is 67.3 Å². The number of ether oxygens (including phenoxy) is 1. The summed E-state index contributed by atoms with van der Waals surface area (Å²) in [6.07, 6.45) is 3.97. The number of anilines is 2. The number of pyridine rings is 1. The number of amides is 4. The van der Waals surface area contributed by atoms with Gasteiger partial charge in [0.2, 0.25) is 17.7 Å². The molecule has 0 aliphatic carbocycles. The van der Waals surface area contributed by atoms with Gasteiger partial charge in [-0.3, -0.25) is 24.5 Å². The van der Waals surface area contributed by atoms with E-state index in [0.717, 1.165) is 43.5 Å². The van der Waals surface area contributed by atoms with Crippen molar-refractivity contribution in [3.8, 4) is 27.4 Å². The highest BCUT2D eigenvalue weighted by Crippen LogP contribution is 2.34. The molecule has 0 spiro atoms. The van der Waals surface area contributed by atoms with Crippen LogP contribution in [0.5, 0.6) is 5.75 Å². The first-order valence-corrected chi connectivity index (χ1v) is 17.4. The fraction of sp³-hybridized carbons (Fsp3) is 0.263. The third-order valence-electron chi connectivity index (χ3n) is 8.95. The molecule has 7 rings (SSSR count). The van der Waals surface area contributed by atoms with E-state index in [4.69, 9.17) is 9.72 Å². The van der Waals surface area contributed by atoms with Crippen LogP contribution in [0.1, 0.15) is 48.0 Å². The third-order valence-corrected chi connectivity index (χ3v) is 10.0. The monoisotopic (exact) mass is 688 g/mol. The summed E-state index contributed by atoms with van der Waals surface area (Å²) >= 11 is 1.62. The van der Waals surface area contributed by atoms with Crippen LogP contribution in [0.4, 0.5) is 11.5 Å². The van der Waals surface area contributed by atoms with Crippen LogP contribution in [0.15, 0.2) is 79.0 Å². The van der Waals surface area contributed by atoms with Crippen LogP contribution < -0.4 is 20.3 Å². The number of benzene rings is 3. The normalized spacial score (nSPS) is 15.6. The lowest BCUT2D eigenvalue weighted by molar-refractivity contribution is -0.137. The first-order valence-electron chi connectivity index (χ1n) is 16.6. The van der Waals surface area contributed by atoms with Crippen molar-refractivity contribution in [3.63, 3.8) is 0 Å². The molecule has 1 saturated heterocycles. The van der Waals surface area contributed by atoms with Gasteiger partial charge in [0.05, 0.1) is 16.8 Å². The maximum atomic E-state index is 13.1. The summed E-state index contributed by atoms with van der Waals surface area (Å²) in [5.41, 5.74) is 5.82. The Morgan fingerprint density at radius 3 is 2.56 bits per heavy atom. The Bertz CT molecular complexity index is 2090. The van der Waals surface area contributed by atoms with Crippen molar-refractivity contribution in [2.45, 2.75) is 44.7 Å². The minimum absolute atomic E-state index is 0.157. The number of unbranched alkanes of at least 4 members (excludes halogenated alkanes) is 1. The minimum Gasteiger partial charge on any atom is -0.494 e. The summed E-state index contributed by atoms with van der Waals surface area (Å²) in [6.45, 7) is 0.666. The molecule has 254 valence electrons. The summed E-state index contributed by atoms with van der Waals surface area (Å²) < 4.78 is 7.05. The number of rotatable bonds is 11. The van der Waals surface area contributed by atoms with E-state index in [1.165, 1.54) is 4.90 Å². The molecule has 0 bridgehead atoms. The standard InChI is InChI=1S/C38H36N6O5S/c1-43(2)33-17-13-25(21-39-33)23-9-11-24(12-10-23)37-41-30-15-14-26(20-32(30)50-37)49-19-4-3-8-34(45)40-29-7-5-6-27-28(29)22-44(38(27)48)31-16-18-35(46)42-36(31)47/h5-7,9-15,17,20-21,31H,3-4,8,16,18-19,22H2,1-2H3,(H,40,45)(H,42,46,47). The zero-order valence-corrected chi connectivity index (χ0v) is 28.6. The molecule has 1 atom stereocenters. The number of hydrogen-bond acceptors (Lipinski definition) is 9. The molecule has 0 radical (unpaired) electrons. The van der Waals surface area contributed by atoms with Gasteiger partial charge in [-0.15, -0.1) is 11.3 Å². The molecule has 12 heteroatoms. The zero-order chi connectivity index (χ0) is 34.8. The van der Waals surface area contributed by atoms with Gasteiger partial charge in [-0.25, -0.2) is 9.97 Å². The summed E-state index contributed by atoms with van der Waals surface area (Å²) in [4.78, 5) is 62.6. The van der Waals surface area contributed by atoms with E-state index in [1.807, 2.05) is 49.5 Å². The van der Waals surface area contributed by atoms with E-state index >= 15 is 0 Å². The van der Waals surface area contributed by atoms with Crippen molar-refractivity contribution in [2.75, 3.05) is 30.9 Å².